The van der Waals surface area contributed by atoms with Gasteiger partial charge in [0.2, 0.25) is 0 Å². The Hall–Kier alpha value is -4.40. The second-order valence-corrected chi connectivity index (χ2v) is 6.71. The minimum absolute atomic E-state index is 0.269. The van der Waals surface area contributed by atoms with Gasteiger partial charge in [-0.3, -0.25) is 9.59 Å². The fourth-order valence-electron chi connectivity index (χ4n) is 2.74. The minimum atomic E-state index is -0.958. The summed E-state index contributed by atoms with van der Waals surface area (Å²) in [6.45, 7) is 0.269. The highest BCUT2D eigenvalue weighted by atomic mass is 19.1. The van der Waals surface area contributed by atoms with Crippen molar-refractivity contribution in [3.05, 3.63) is 83.7 Å². The summed E-state index contributed by atoms with van der Waals surface area (Å²) in [6, 6.07) is 17.8. The number of carbonyl (C=O) groups excluding carboxylic acids is 2. The first-order chi connectivity index (χ1) is 16.0. The molecule has 0 spiro atoms. The fourth-order valence-corrected chi connectivity index (χ4v) is 2.74. The first-order valence-electron chi connectivity index (χ1n) is 9.82. The molecule has 0 fully saturated rings. The van der Waals surface area contributed by atoms with Gasteiger partial charge in [-0.15, -0.1) is 0 Å². The Balaban J connectivity index is 1.55. The third kappa shape index (κ3) is 6.79. The molecule has 0 aliphatic rings. The molecule has 0 bridgehead atoms. The SMILES string of the molecule is COc1ccc(OC)c(NC(=O)C(=O)NN=Cc2cccc(OCc3ccc(F)cc3)c2)c1. The van der Waals surface area contributed by atoms with Crippen molar-refractivity contribution < 1.29 is 28.2 Å². The van der Waals surface area contributed by atoms with Crippen LogP contribution in [0.4, 0.5) is 10.1 Å². The number of ether oxygens (including phenoxy) is 3. The van der Waals surface area contributed by atoms with Crippen molar-refractivity contribution in [3.63, 3.8) is 0 Å². The standard InChI is InChI=1S/C24H22FN3O5/c1-31-19-10-11-22(32-2)21(13-19)27-23(29)24(30)28-26-14-17-4-3-5-20(12-17)33-15-16-6-8-18(25)9-7-16/h3-14H,15H2,1-2H3,(H,27,29)(H,28,30). The highest BCUT2D eigenvalue weighted by Gasteiger charge is 2.16. The quantitative estimate of drug-likeness (QED) is 0.310. The Kier molecular flexibility index (Phi) is 7.96. The maximum Gasteiger partial charge on any atom is 0.329 e. The zero-order chi connectivity index (χ0) is 23.6. The highest BCUT2D eigenvalue weighted by Crippen LogP contribution is 2.28. The molecule has 0 aromatic heterocycles. The number of hydrogen-bond donors (Lipinski definition) is 2. The molecule has 0 atom stereocenters. The van der Waals surface area contributed by atoms with E-state index in [9.17, 15) is 14.0 Å². The number of amides is 2. The predicted molar refractivity (Wildman–Crippen MR) is 121 cm³/mol. The van der Waals surface area contributed by atoms with E-state index in [2.05, 4.69) is 15.8 Å². The average Bonchev–Trinajstić information content (AvgIpc) is 2.83. The number of nitrogens with one attached hydrogen (secondary N) is 2. The van der Waals surface area contributed by atoms with Crippen molar-refractivity contribution in [3.8, 4) is 17.2 Å². The highest BCUT2D eigenvalue weighted by molar-refractivity contribution is 6.39. The zero-order valence-corrected chi connectivity index (χ0v) is 18.0. The van der Waals surface area contributed by atoms with Crippen LogP contribution in [0.3, 0.4) is 0 Å². The van der Waals surface area contributed by atoms with Gasteiger partial charge in [-0.1, -0.05) is 24.3 Å². The summed E-state index contributed by atoms with van der Waals surface area (Å²) in [7, 11) is 2.93. The molecule has 3 aromatic carbocycles. The summed E-state index contributed by atoms with van der Waals surface area (Å²) in [5, 5.41) is 6.27. The number of benzene rings is 3. The van der Waals surface area contributed by atoms with Crippen LogP contribution in [0, 0.1) is 5.82 Å². The molecular weight excluding hydrogens is 429 g/mol. The van der Waals surface area contributed by atoms with Gasteiger partial charge >= 0.3 is 11.8 Å². The number of methoxy groups -OCH3 is 2. The Bertz CT molecular complexity index is 1150. The topological polar surface area (TPSA) is 98.2 Å². The molecule has 9 heteroatoms. The molecule has 0 saturated carbocycles. The molecule has 33 heavy (non-hydrogen) atoms. The fraction of sp³-hybridized carbons (Fsp3) is 0.125. The van der Waals surface area contributed by atoms with Crippen LogP contribution < -0.4 is 25.0 Å². The molecule has 0 aliphatic carbocycles. The molecule has 170 valence electrons. The summed E-state index contributed by atoms with van der Waals surface area (Å²) in [5.74, 6) is -0.758. The van der Waals surface area contributed by atoms with Crippen LogP contribution in [-0.4, -0.2) is 32.2 Å². The van der Waals surface area contributed by atoms with E-state index in [-0.39, 0.29) is 18.1 Å². The van der Waals surface area contributed by atoms with Gasteiger partial charge < -0.3 is 19.5 Å². The van der Waals surface area contributed by atoms with Gasteiger partial charge in [0.1, 0.15) is 29.7 Å². The lowest BCUT2D eigenvalue weighted by Gasteiger charge is -2.11. The van der Waals surface area contributed by atoms with Crippen LogP contribution in [0.1, 0.15) is 11.1 Å². The second kappa shape index (κ2) is 11.3. The number of hydrogen-bond acceptors (Lipinski definition) is 6. The third-order valence-electron chi connectivity index (χ3n) is 4.42. The third-order valence-corrected chi connectivity index (χ3v) is 4.42. The molecule has 0 aliphatic heterocycles. The van der Waals surface area contributed by atoms with Crippen molar-refractivity contribution >= 4 is 23.7 Å². The molecule has 2 N–H and O–H groups in total. The summed E-state index contributed by atoms with van der Waals surface area (Å²) < 4.78 is 28.9. The summed E-state index contributed by atoms with van der Waals surface area (Å²) in [5.41, 5.74) is 3.92. The van der Waals surface area contributed by atoms with Gasteiger partial charge in [0.25, 0.3) is 0 Å². The van der Waals surface area contributed by atoms with E-state index in [1.54, 1.807) is 48.5 Å². The van der Waals surface area contributed by atoms with Gasteiger partial charge in [-0.05, 0) is 47.5 Å². The Morgan fingerprint density at radius 3 is 2.45 bits per heavy atom. The van der Waals surface area contributed by atoms with E-state index in [1.807, 2.05) is 0 Å². The van der Waals surface area contributed by atoms with Crippen LogP contribution in [0.25, 0.3) is 0 Å². The van der Waals surface area contributed by atoms with Crippen LogP contribution in [-0.2, 0) is 16.2 Å². The lowest BCUT2D eigenvalue weighted by Crippen LogP contribution is -2.32. The summed E-state index contributed by atoms with van der Waals surface area (Å²) in [4.78, 5) is 24.3. The maximum absolute atomic E-state index is 13.0. The average molecular weight is 451 g/mol. The molecule has 3 rings (SSSR count). The molecule has 2 amide bonds. The molecule has 0 saturated heterocycles. The first-order valence-corrected chi connectivity index (χ1v) is 9.82. The number of anilines is 1. The van der Waals surface area contributed by atoms with Gasteiger partial charge in [-0.25, -0.2) is 9.82 Å². The van der Waals surface area contributed by atoms with E-state index < -0.39 is 11.8 Å². The Morgan fingerprint density at radius 1 is 0.939 bits per heavy atom. The van der Waals surface area contributed by atoms with Gasteiger partial charge in [0.15, 0.2) is 0 Å². The molecule has 0 radical (unpaired) electrons. The molecule has 3 aromatic rings. The predicted octanol–water partition coefficient (Wildman–Crippen LogP) is 3.51. The second-order valence-electron chi connectivity index (χ2n) is 6.71. The van der Waals surface area contributed by atoms with Crippen LogP contribution in [0.5, 0.6) is 17.2 Å². The summed E-state index contributed by atoms with van der Waals surface area (Å²) >= 11 is 0. The van der Waals surface area contributed by atoms with E-state index in [4.69, 9.17) is 14.2 Å². The van der Waals surface area contributed by atoms with E-state index in [0.29, 0.717) is 22.8 Å². The molecular formula is C24H22FN3O5. The Labute approximate surface area is 190 Å². The number of rotatable bonds is 8. The van der Waals surface area contributed by atoms with Crippen molar-refractivity contribution in [2.24, 2.45) is 5.10 Å². The lowest BCUT2D eigenvalue weighted by molar-refractivity contribution is -0.136. The van der Waals surface area contributed by atoms with Gasteiger partial charge in [-0.2, -0.15) is 5.10 Å². The zero-order valence-electron chi connectivity index (χ0n) is 18.0. The van der Waals surface area contributed by atoms with E-state index >= 15 is 0 Å². The minimum Gasteiger partial charge on any atom is -0.497 e. The van der Waals surface area contributed by atoms with Crippen LogP contribution >= 0.6 is 0 Å². The molecule has 0 heterocycles. The number of nitrogens with zero attached hydrogens (tertiary/aromatic N) is 1. The van der Waals surface area contributed by atoms with Gasteiger partial charge in [0, 0.05) is 6.07 Å². The number of hydrazone groups is 1. The van der Waals surface area contributed by atoms with Crippen LogP contribution in [0.15, 0.2) is 71.8 Å². The monoisotopic (exact) mass is 451 g/mol. The maximum atomic E-state index is 13.0. The smallest absolute Gasteiger partial charge is 0.329 e. The van der Waals surface area contributed by atoms with Crippen molar-refractivity contribution in [1.29, 1.82) is 0 Å². The molecule has 0 unspecified atom stereocenters. The molecule has 8 nitrogen and oxygen atoms in total. The first kappa shape index (κ1) is 23.3. The Morgan fingerprint density at radius 2 is 1.73 bits per heavy atom. The largest absolute Gasteiger partial charge is 0.497 e. The normalized spacial score (nSPS) is 10.5. The van der Waals surface area contributed by atoms with Crippen molar-refractivity contribution in [2.75, 3.05) is 19.5 Å². The summed E-state index contributed by atoms with van der Waals surface area (Å²) in [6.07, 6.45) is 1.38. The van der Waals surface area contributed by atoms with E-state index in [0.717, 1.165) is 5.56 Å². The van der Waals surface area contributed by atoms with Gasteiger partial charge in [0.05, 0.1) is 26.1 Å². The van der Waals surface area contributed by atoms with Crippen LogP contribution in [0.2, 0.25) is 0 Å². The number of carbonyl (C=O) groups is 2. The number of halogens is 1. The van der Waals surface area contributed by atoms with E-state index in [1.165, 1.54) is 38.6 Å². The lowest BCUT2D eigenvalue weighted by atomic mass is 10.2. The van der Waals surface area contributed by atoms with Crippen molar-refractivity contribution in [2.45, 2.75) is 6.61 Å². The van der Waals surface area contributed by atoms with Crippen molar-refractivity contribution in [1.82, 2.24) is 5.43 Å².